The van der Waals surface area contributed by atoms with E-state index in [4.69, 9.17) is 5.73 Å². The Morgan fingerprint density at radius 2 is 1.82 bits per heavy atom. The number of nitrogens with one attached hydrogen (secondary N) is 2. The molecule has 0 amide bonds. The zero-order valence-corrected chi connectivity index (χ0v) is 22.3. The maximum absolute atomic E-state index is 14.3. The van der Waals surface area contributed by atoms with Crippen LogP contribution in [0.5, 0.6) is 0 Å². The molecular weight excluding hydrogens is 528 g/mol. The number of hydrogen-bond donors (Lipinski definition) is 3. The molecule has 40 heavy (non-hydrogen) atoms. The summed E-state index contributed by atoms with van der Waals surface area (Å²) in [5.41, 5.74) is 8.41. The molecule has 0 bridgehead atoms. The number of nitrogens with two attached hydrogens (primary N) is 1. The standard InChI is InChI=1S/C28H24N8O3S/c1-17(33-26-20(13-29)15-32-28(30)34-26)24-12-18-7-6-10-23(19-11-21(16-31-14-19)35-40(2,38)39)25(18)27(37)36(24)22-8-4-3-5-9-22/h3-12,14-17,35H,1-2H3,(H3,30,32,33,34). The highest BCUT2D eigenvalue weighted by atomic mass is 32.2. The third-order valence-electron chi connectivity index (χ3n) is 6.17. The lowest BCUT2D eigenvalue weighted by atomic mass is 9.98. The first-order valence-corrected chi connectivity index (χ1v) is 14.0. The van der Waals surface area contributed by atoms with Gasteiger partial charge < -0.3 is 11.1 Å². The van der Waals surface area contributed by atoms with E-state index in [9.17, 15) is 18.5 Å². The molecule has 0 aliphatic carbocycles. The third-order valence-corrected chi connectivity index (χ3v) is 6.77. The van der Waals surface area contributed by atoms with Crippen LogP contribution in [0.1, 0.15) is 24.2 Å². The van der Waals surface area contributed by atoms with Gasteiger partial charge in [0.25, 0.3) is 5.56 Å². The van der Waals surface area contributed by atoms with Gasteiger partial charge in [-0.15, -0.1) is 0 Å². The highest BCUT2D eigenvalue weighted by molar-refractivity contribution is 7.92. The Morgan fingerprint density at radius 3 is 2.55 bits per heavy atom. The minimum absolute atomic E-state index is 0.0125. The van der Waals surface area contributed by atoms with E-state index in [1.54, 1.807) is 22.9 Å². The summed E-state index contributed by atoms with van der Waals surface area (Å²) in [5, 5.41) is 13.8. The molecule has 3 aromatic heterocycles. The van der Waals surface area contributed by atoms with Crippen LogP contribution in [0.2, 0.25) is 0 Å². The van der Waals surface area contributed by atoms with Crippen LogP contribution in [-0.2, 0) is 10.0 Å². The summed E-state index contributed by atoms with van der Waals surface area (Å²) in [6, 6.07) is 19.7. The number of hydrogen-bond acceptors (Lipinski definition) is 9. The maximum atomic E-state index is 14.3. The molecule has 2 aromatic carbocycles. The molecular formula is C28H24N8O3S. The summed E-state index contributed by atoms with van der Waals surface area (Å²) < 4.78 is 27.6. The minimum Gasteiger partial charge on any atom is -0.368 e. The SMILES string of the molecule is CC(Nc1nc(N)ncc1C#N)c1cc2cccc(-c3cncc(NS(C)(=O)=O)c3)c2c(=O)n1-c1ccccc1. The largest absolute Gasteiger partial charge is 0.368 e. The van der Waals surface area contributed by atoms with Crippen LogP contribution in [0.3, 0.4) is 0 Å². The van der Waals surface area contributed by atoms with E-state index in [1.807, 2.05) is 55.5 Å². The predicted molar refractivity (Wildman–Crippen MR) is 154 cm³/mol. The topological polar surface area (TPSA) is 169 Å². The minimum atomic E-state index is -3.52. The molecule has 4 N–H and O–H groups in total. The molecule has 200 valence electrons. The molecule has 0 saturated heterocycles. The molecule has 5 rings (SSSR count). The van der Waals surface area contributed by atoms with Gasteiger partial charge in [0, 0.05) is 23.1 Å². The number of aromatic nitrogens is 4. The van der Waals surface area contributed by atoms with Crippen LogP contribution in [-0.4, -0.2) is 34.2 Å². The lowest BCUT2D eigenvalue weighted by Crippen LogP contribution is -2.26. The lowest BCUT2D eigenvalue weighted by Gasteiger charge is -2.22. The smallest absolute Gasteiger partial charge is 0.263 e. The van der Waals surface area contributed by atoms with Crippen LogP contribution in [0.4, 0.5) is 17.5 Å². The molecule has 0 radical (unpaired) electrons. The van der Waals surface area contributed by atoms with Crippen molar-refractivity contribution in [1.82, 2.24) is 19.5 Å². The Bertz CT molecular complexity index is 1950. The van der Waals surface area contributed by atoms with Crippen molar-refractivity contribution in [3.05, 3.63) is 101 Å². The third kappa shape index (κ3) is 5.31. The Morgan fingerprint density at radius 1 is 1.05 bits per heavy atom. The second-order valence-corrected chi connectivity index (χ2v) is 10.9. The number of fused-ring (bicyclic) bond motifs is 1. The predicted octanol–water partition coefficient (Wildman–Crippen LogP) is 3.84. The monoisotopic (exact) mass is 552 g/mol. The molecule has 5 aromatic rings. The van der Waals surface area contributed by atoms with Crippen molar-refractivity contribution in [2.75, 3.05) is 22.0 Å². The average molecular weight is 553 g/mol. The summed E-state index contributed by atoms with van der Waals surface area (Å²) in [5.74, 6) is 0.267. The van der Waals surface area contributed by atoms with Crippen molar-refractivity contribution in [1.29, 1.82) is 5.26 Å². The van der Waals surface area contributed by atoms with Crippen molar-refractivity contribution in [3.63, 3.8) is 0 Å². The number of para-hydroxylation sites is 1. The van der Waals surface area contributed by atoms with E-state index in [2.05, 4.69) is 31.1 Å². The number of pyridine rings is 2. The first-order chi connectivity index (χ1) is 19.1. The van der Waals surface area contributed by atoms with Crippen molar-refractivity contribution < 1.29 is 8.42 Å². The highest BCUT2D eigenvalue weighted by Gasteiger charge is 2.20. The van der Waals surface area contributed by atoms with Crippen molar-refractivity contribution in [2.24, 2.45) is 0 Å². The normalized spacial score (nSPS) is 12.0. The fraction of sp³-hybridized carbons (Fsp3) is 0.107. The van der Waals surface area contributed by atoms with E-state index in [0.29, 0.717) is 33.3 Å². The molecule has 12 heteroatoms. The van der Waals surface area contributed by atoms with E-state index in [0.717, 1.165) is 6.26 Å². The van der Waals surface area contributed by atoms with Crippen LogP contribution in [0.25, 0.3) is 27.6 Å². The Balaban J connectivity index is 1.72. The zero-order valence-electron chi connectivity index (χ0n) is 21.5. The first-order valence-electron chi connectivity index (χ1n) is 12.1. The van der Waals surface area contributed by atoms with Gasteiger partial charge in [0.1, 0.15) is 17.5 Å². The molecule has 1 atom stereocenters. The Hall–Kier alpha value is -5.28. The molecule has 0 fully saturated rings. The van der Waals surface area contributed by atoms with Gasteiger partial charge in [-0.25, -0.2) is 13.4 Å². The van der Waals surface area contributed by atoms with Gasteiger partial charge in [0.05, 0.1) is 35.8 Å². The Labute approximate surface area is 230 Å². The lowest BCUT2D eigenvalue weighted by molar-refractivity contribution is 0.607. The van der Waals surface area contributed by atoms with Gasteiger partial charge in [0.15, 0.2) is 0 Å². The van der Waals surface area contributed by atoms with Crippen LogP contribution in [0.15, 0.2) is 84.0 Å². The molecule has 0 aliphatic heterocycles. The summed E-state index contributed by atoms with van der Waals surface area (Å²) in [7, 11) is -3.52. The Kier molecular flexibility index (Phi) is 6.89. The van der Waals surface area contributed by atoms with Gasteiger partial charge in [-0.1, -0.05) is 36.4 Å². The molecule has 11 nitrogen and oxygen atoms in total. The molecule has 0 spiro atoms. The van der Waals surface area contributed by atoms with E-state index in [1.165, 1.54) is 12.4 Å². The molecule has 0 saturated carbocycles. The van der Waals surface area contributed by atoms with Crippen LogP contribution < -0.4 is 21.3 Å². The second-order valence-electron chi connectivity index (χ2n) is 9.12. The van der Waals surface area contributed by atoms with Crippen molar-refractivity contribution in [2.45, 2.75) is 13.0 Å². The number of nitrogen functional groups attached to an aromatic ring is 1. The molecule has 3 heterocycles. The number of rotatable bonds is 7. The number of anilines is 3. The fourth-order valence-corrected chi connectivity index (χ4v) is 5.05. The van der Waals surface area contributed by atoms with E-state index < -0.39 is 16.1 Å². The first kappa shape index (κ1) is 26.3. The molecule has 1 unspecified atom stereocenters. The summed E-state index contributed by atoms with van der Waals surface area (Å²) in [6.45, 7) is 1.85. The van der Waals surface area contributed by atoms with Gasteiger partial charge in [-0.05, 0) is 42.1 Å². The van der Waals surface area contributed by atoms with E-state index >= 15 is 0 Å². The number of nitrogens with zero attached hydrogens (tertiary/aromatic N) is 5. The van der Waals surface area contributed by atoms with Gasteiger partial charge in [-0.3, -0.25) is 19.1 Å². The van der Waals surface area contributed by atoms with Crippen molar-refractivity contribution in [3.8, 4) is 22.9 Å². The van der Waals surface area contributed by atoms with Crippen molar-refractivity contribution >= 4 is 38.2 Å². The van der Waals surface area contributed by atoms with Gasteiger partial charge in [0.2, 0.25) is 16.0 Å². The van der Waals surface area contributed by atoms with E-state index in [-0.39, 0.29) is 28.6 Å². The number of sulfonamides is 1. The quantitative estimate of drug-likeness (QED) is 0.271. The number of nitriles is 1. The summed E-state index contributed by atoms with van der Waals surface area (Å²) in [4.78, 5) is 26.5. The number of benzene rings is 2. The average Bonchev–Trinajstić information content (AvgIpc) is 2.92. The van der Waals surface area contributed by atoms with Gasteiger partial charge in [-0.2, -0.15) is 10.2 Å². The maximum Gasteiger partial charge on any atom is 0.263 e. The van der Waals surface area contributed by atoms with Gasteiger partial charge >= 0.3 is 0 Å². The fourth-order valence-electron chi connectivity index (χ4n) is 4.51. The van der Waals surface area contributed by atoms with Crippen LogP contribution >= 0.6 is 0 Å². The zero-order chi connectivity index (χ0) is 28.4. The van der Waals surface area contributed by atoms with Crippen LogP contribution in [0, 0.1) is 11.3 Å². The summed E-state index contributed by atoms with van der Waals surface area (Å²) >= 11 is 0. The summed E-state index contributed by atoms with van der Waals surface area (Å²) in [6.07, 6.45) is 5.38. The second kappa shape index (κ2) is 10.5. The highest BCUT2D eigenvalue weighted by Crippen LogP contribution is 2.31. The molecule has 0 aliphatic rings.